The van der Waals surface area contributed by atoms with E-state index in [-0.39, 0.29) is 0 Å². The van der Waals surface area contributed by atoms with E-state index in [2.05, 4.69) is 40.3 Å². The average Bonchev–Trinajstić information content (AvgIpc) is 3.00. The van der Waals surface area contributed by atoms with Crippen LogP contribution in [-0.4, -0.2) is 21.2 Å². The Morgan fingerprint density at radius 2 is 2.11 bits per heavy atom. The molecule has 0 radical (unpaired) electrons. The molecule has 0 spiro atoms. The second-order valence-electron chi connectivity index (χ2n) is 4.72. The smallest absolute Gasteiger partial charge is 0.0934 e. The first kappa shape index (κ1) is 11.8. The summed E-state index contributed by atoms with van der Waals surface area (Å²) in [5.41, 5.74) is 1.40. The predicted molar refractivity (Wildman–Crippen MR) is 72.4 cm³/mol. The molecule has 1 fully saturated rings. The first-order chi connectivity index (χ1) is 8.83. The molecule has 1 aliphatic rings. The highest BCUT2D eigenvalue weighted by Gasteiger charge is 2.25. The van der Waals surface area contributed by atoms with Gasteiger partial charge in [-0.3, -0.25) is 9.58 Å². The number of hydrogen-bond donors (Lipinski definition) is 0. The third kappa shape index (κ3) is 2.42. The maximum Gasteiger partial charge on any atom is 0.0934 e. The highest BCUT2D eigenvalue weighted by molar-refractivity contribution is 6.30. The zero-order valence-corrected chi connectivity index (χ0v) is 10.9. The van der Waals surface area contributed by atoms with Crippen LogP contribution < -0.4 is 0 Å². The third-order valence-corrected chi connectivity index (χ3v) is 3.67. The molecular weight excluding hydrogens is 246 g/mol. The molecule has 1 atom stereocenters. The van der Waals surface area contributed by atoms with Gasteiger partial charge in [-0.05, 0) is 18.4 Å². The van der Waals surface area contributed by atoms with E-state index in [1.807, 2.05) is 10.9 Å². The number of likely N-dealkylation sites (tertiary alicyclic amines) is 1. The Morgan fingerprint density at radius 3 is 2.83 bits per heavy atom. The molecule has 1 aromatic carbocycles. The third-order valence-electron chi connectivity index (χ3n) is 3.48. The second kappa shape index (κ2) is 5.12. The Bertz CT molecular complexity index is 509. The SMILES string of the molecule is Clc1cnn(CN2CCCC2c2ccccc2)c1. The van der Waals surface area contributed by atoms with Crippen LogP contribution in [0.3, 0.4) is 0 Å². The van der Waals surface area contributed by atoms with Crippen molar-refractivity contribution in [3.63, 3.8) is 0 Å². The zero-order chi connectivity index (χ0) is 12.4. The van der Waals surface area contributed by atoms with Crippen LogP contribution in [0, 0.1) is 0 Å². The van der Waals surface area contributed by atoms with E-state index in [0.29, 0.717) is 11.1 Å². The largest absolute Gasteiger partial charge is 0.277 e. The fourth-order valence-electron chi connectivity index (χ4n) is 2.65. The first-order valence-corrected chi connectivity index (χ1v) is 6.68. The van der Waals surface area contributed by atoms with Crippen molar-refractivity contribution >= 4 is 11.6 Å². The molecule has 1 aromatic heterocycles. The fourth-order valence-corrected chi connectivity index (χ4v) is 2.81. The van der Waals surface area contributed by atoms with E-state index >= 15 is 0 Å². The van der Waals surface area contributed by atoms with Gasteiger partial charge >= 0.3 is 0 Å². The Labute approximate surface area is 112 Å². The summed E-state index contributed by atoms with van der Waals surface area (Å²) >= 11 is 5.90. The van der Waals surface area contributed by atoms with Crippen LogP contribution in [0.2, 0.25) is 5.02 Å². The molecule has 1 aliphatic heterocycles. The van der Waals surface area contributed by atoms with Crippen molar-refractivity contribution in [1.82, 2.24) is 14.7 Å². The minimum absolute atomic E-state index is 0.508. The van der Waals surface area contributed by atoms with Crippen LogP contribution >= 0.6 is 11.6 Å². The summed E-state index contributed by atoms with van der Waals surface area (Å²) in [7, 11) is 0. The van der Waals surface area contributed by atoms with Gasteiger partial charge in [0.1, 0.15) is 0 Å². The van der Waals surface area contributed by atoms with Gasteiger partial charge in [0.15, 0.2) is 0 Å². The van der Waals surface area contributed by atoms with E-state index in [1.54, 1.807) is 6.20 Å². The van der Waals surface area contributed by atoms with Crippen molar-refractivity contribution < 1.29 is 0 Å². The van der Waals surface area contributed by atoms with E-state index in [4.69, 9.17) is 11.6 Å². The van der Waals surface area contributed by atoms with Gasteiger partial charge in [-0.25, -0.2) is 0 Å². The van der Waals surface area contributed by atoms with Crippen molar-refractivity contribution in [2.45, 2.75) is 25.6 Å². The molecule has 1 unspecified atom stereocenters. The number of benzene rings is 1. The maximum atomic E-state index is 5.90. The molecule has 18 heavy (non-hydrogen) atoms. The van der Waals surface area contributed by atoms with Gasteiger partial charge in [-0.2, -0.15) is 5.10 Å². The molecule has 3 nitrogen and oxygen atoms in total. The van der Waals surface area contributed by atoms with Crippen LogP contribution in [0.25, 0.3) is 0 Å². The van der Waals surface area contributed by atoms with Crippen LogP contribution in [0.5, 0.6) is 0 Å². The molecule has 4 heteroatoms. The monoisotopic (exact) mass is 261 g/mol. The van der Waals surface area contributed by atoms with Crippen LogP contribution in [0.1, 0.15) is 24.4 Å². The molecule has 1 saturated heterocycles. The fraction of sp³-hybridized carbons (Fsp3) is 0.357. The van der Waals surface area contributed by atoms with Crippen molar-refractivity contribution in [3.05, 3.63) is 53.3 Å². The second-order valence-corrected chi connectivity index (χ2v) is 5.16. The number of hydrogen-bond acceptors (Lipinski definition) is 2. The highest BCUT2D eigenvalue weighted by Crippen LogP contribution is 2.31. The molecule has 3 rings (SSSR count). The van der Waals surface area contributed by atoms with Crippen molar-refractivity contribution in [2.75, 3.05) is 6.54 Å². The van der Waals surface area contributed by atoms with Crippen molar-refractivity contribution in [3.8, 4) is 0 Å². The minimum atomic E-state index is 0.508. The van der Waals surface area contributed by atoms with Gasteiger partial charge in [0.05, 0.1) is 17.9 Å². The van der Waals surface area contributed by atoms with Gasteiger partial charge in [0.2, 0.25) is 0 Å². The Kier molecular flexibility index (Phi) is 3.35. The van der Waals surface area contributed by atoms with Gasteiger partial charge in [-0.15, -0.1) is 0 Å². The van der Waals surface area contributed by atoms with Gasteiger partial charge in [0.25, 0.3) is 0 Å². The molecule has 0 saturated carbocycles. The van der Waals surface area contributed by atoms with E-state index in [1.165, 1.54) is 18.4 Å². The topological polar surface area (TPSA) is 21.1 Å². The molecule has 2 heterocycles. The Morgan fingerprint density at radius 1 is 1.28 bits per heavy atom. The average molecular weight is 262 g/mol. The molecule has 0 amide bonds. The van der Waals surface area contributed by atoms with Gasteiger partial charge in [0, 0.05) is 18.8 Å². The summed E-state index contributed by atoms with van der Waals surface area (Å²) in [6.07, 6.45) is 6.03. The van der Waals surface area contributed by atoms with E-state index in [0.717, 1.165) is 13.2 Å². The molecule has 0 bridgehead atoms. The molecule has 94 valence electrons. The number of nitrogens with zero attached hydrogens (tertiary/aromatic N) is 3. The summed E-state index contributed by atoms with van der Waals surface area (Å²) in [5, 5.41) is 4.95. The molecule has 2 aromatic rings. The molecular formula is C14H16ClN3. The normalized spacial score (nSPS) is 20.4. The Balaban J connectivity index is 1.75. The maximum absolute atomic E-state index is 5.90. The summed E-state index contributed by atoms with van der Waals surface area (Å²) < 4.78 is 1.91. The lowest BCUT2D eigenvalue weighted by Gasteiger charge is -2.24. The van der Waals surface area contributed by atoms with Crippen LogP contribution in [0.4, 0.5) is 0 Å². The standard InChI is InChI=1S/C14H16ClN3/c15-13-9-16-18(10-13)11-17-8-4-7-14(17)12-5-2-1-3-6-12/h1-3,5-6,9-10,14H,4,7-8,11H2. The van der Waals surface area contributed by atoms with Gasteiger partial charge in [-0.1, -0.05) is 41.9 Å². The van der Waals surface area contributed by atoms with Crippen molar-refractivity contribution in [2.24, 2.45) is 0 Å². The highest BCUT2D eigenvalue weighted by atomic mass is 35.5. The zero-order valence-electron chi connectivity index (χ0n) is 10.2. The first-order valence-electron chi connectivity index (χ1n) is 6.30. The quantitative estimate of drug-likeness (QED) is 0.845. The lowest BCUT2D eigenvalue weighted by atomic mass is 10.1. The summed E-state index contributed by atoms with van der Waals surface area (Å²) in [6.45, 7) is 1.93. The summed E-state index contributed by atoms with van der Waals surface area (Å²) in [6, 6.07) is 11.2. The van der Waals surface area contributed by atoms with Crippen LogP contribution in [0.15, 0.2) is 42.7 Å². The van der Waals surface area contributed by atoms with E-state index < -0.39 is 0 Å². The Hall–Kier alpha value is -1.32. The number of halogens is 1. The van der Waals surface area contributed by atoms with Gasteiger partial charge < -0.3 is 0 Å². The number of aromatic nitrogens is 2. The van der Waals surface area contributed by atoms with Crippen molar-refractivity contribution in [1.29, 1.82) is 0 Å². The van der Waals surface area contributed by atoms with E-state index in [9.17, 15) is 0 Å². The molecule has 0 N–H and O–H groups in total. The minimum Gasteiger partial charge on any atom is -0.277 e. The lowest BCUT2D eigenvalue weighted by molar-refractivity contribution is 0.191. The number of rotatable bonds is 3. The summed E-state index contributed by atoms with van der Waals surface area (Å²) in [5.74, 6) is 0. The molecule has 0 aliphatic carbocycles. The lowest BCUT2D eigenvalue weighted by Crippen LogP contribution is -2.26. The summed E-state index contributed by atoms with van der Waals surface area (Å²) in [4.78, 5) is 2.46. The predicted octanol–water partition coefficient (Wildman–Crippen LogP) is 3.33. The van der Waals surface area contributed by atoms with Crippen LogP contribution in [-0.2, 0) is 6.67 Å².